The lowest BCUT2D eigenvalue weighted by Gasteiger charge is -2.11. The van der Waals surface area contributed by atoms with Gasteiger partial charge in [-0.15, -0.1) is 0 Å². The van der Waals surface area contributed by atoms with Crippen LogP contribution in [0.5, 0.6) is 0 Å². The van der Waals surface area contributed by atoms with Crippen molar-refractivity contribution in [3.8, 4) is 0 Å². The van der Waals surface area contributed by atoms with Crippen molar-refractivity contribution in [2.75, 3.05) is 25.6 Å². The Kier molecular flexibility index (Phi) is 4.65. The van der Waals surface area contributed by atoms with Crippen molar-refractivity contribution in [2.24, 2.45) is 4.99 Å². The summed E-state index contributed by atoms with van der Waals surface area (Å²) in [6.45, 7) is 3.66. The van der Waals surface area contributed by atoms with Crippen LogP contribution < -0.4 is 4.90 Å². The van der Waals surface area contributed by atoms with Gasteiger partial charge in [0.2, 0.25) is 0 Å². The van der Waals surface area contributed by atoms with Gasteiger partial charge in [0.1, 0.15) is 11.3 Å². The SMILES string of the molecule is CCOC(=O)C1=C(O)C(=Cc2ccc(N(C)C)cc2)N=C1C. The van der Waals surface area contributed by atoms with Gasteiger partial charge in [-0.3, -0.25) is 0 Å². The zero-order chi connectivity index (χ0) is 16.3. The van der Waals surface area contributed by atoms with Crippen molar-refractivity contribution in [3.05, 3.63) is 46.9 Å². The fourth-order valence-corrected chi connectivity index (χ4v) is 2.16. The van der Waals surface area contributed by atoms with E-state index in [1.807, 2.05) is 43.3 Å². The minimum absolute atomic E-state index is 0.132. The molecule has 0 bridgehead atoms. The van der Waals surface area contributed by atoms with Gasteiger partial charge in [0.05, 0.1) is 12.3 Å². The Bertz CT molecular complexity index is 668. The highest BCUT2D eigenvalue weighted by Gasteiger charge is 2.27. The molecule has 0 unspecified atom stereocenters. The lowest BCUT2D eigenvalue weighted by atomic mass is 10.1. The highest BCUT2D eigenvalue weighted by molar-refractivity contribution is 6.22. The minimum Gasteiger partial charge on any atom is -0.505 e. The molecule has 0 radical (unpaired) electrons. The van der Waals surface area contributed by atoms with Gasteiger partial charge in [0.15, 0.2) is 5.76 Å². The smallest absolute Gasteiger partial charge is 0.343 e. The van der Waals surface area contributed by atoms with E-state index < -0.39 is 5.97 Å². The third kappa shape index (κ3) is 3.19. The molecule has 0 saturated carbocycles. The number of ether oxygens (including phenoxy) is 1. The predicted octanol–water partition coefficient (Wildman–Crippen LogP) is 2.94. The molecule has 5 heteroatoms. The van der Waals surface area contributed by atoms with Crippen molar-refractivity contribution >= 4 is 23.4 Å². The number of aliphatic imine (C=N–C) groups is 1. The first-order valence-corrected chi connectivity index (χ1v) is 7.09. The van der Waals surface area contributed by atoms with Crippen molar-refractivity contribution in [1.82, 2.24) is 0 Å². The lowest BCUT2D eigenvalue weighted by molar-refractivity contribution is -0.138. The van der Waals surface area contributed by atoms with Crippen LogP contribution in [0.2, 0.25) is 0 Å². The maximum Gasteiger partial charge on any atom is 0.343 e. The summed E-state index contributed by atoms with van der Waals surface area (Å²) in [7, 11) is 3.94. The Labute approximate surface area is 130 Å². The van der Waals surface area contributed by atoms with Crippen molar-refractivity contribution < 1.29 is 14.6 Å². The van der Waals surface area contributed by atoms with Gasteiger partial charge in [-0.1, -0.05) is 12.1 Å². The molecule has 1 aliphatic heterocycles. The molecule has 22 heavy (non-hydrogen) atoms. The van der Waals surface area contributed by atoms with E-state index in [0.29, 0.717) is 11.4 Å². The maximum absolute atomic E-state index is 11.8. The van der Waals surface area contributed by atoms with Crippen LogP contribution in [-0.2, 0) is 9.53 Å². The maximum atomic E-state index is 11.8. The second kappa shape index (κ2) is 6.47. The number of carbonyl (C=O) groups excluding carboxylic acids is 1. The van der Waals surface area contributed by atoms with Gasteiger partial charge in [-0.05, 0) is 37.6 Å². The summed E-state index contributed by atoms with van der Waals surface area (Å²) in [6.07, 6.45) is 1.74. The van der Waals surface area contributed by atoms with E-state index in [1.165, 1.54) is 0 Å². The van der Waals surface area contributed by atoms with Crippen LogP contribution in [0.25, 0.3) is 6.08 Å². The number of carbonyl (C=O) groups is 1. The summed E-state index contributed by atoms with van der Waals surface area (Å²) in [5.74, 6) is -0.680. The third-order valence-electron chi connectivity index (χ3n) is 3.32. The molecular weight excluding hydrogens is 280 g/mol. The fraction of sp³-hybridized carbons (Fsp3) is 0.294. The normalized spacial score (nSPS) is 16.0. The molecule has 1 heterocycles. The highest BCUT2D eigenvalue weighted by Crippen LogP contribution is 2.26. The molecular formula is C17H20N2O3. The number of nitrogens with zero attached hydrogens (tertiary/aromatic N) is 2. The monoisotopic (exact) mass is 300 g/mol. The number of esters is 1. The molecule has 1 N–H and O–H groups in total. The molecule has 1 aliphatic rings. The summed E-state index contributed by atoms with van der Waals surface area (Å²) in [4.78, 5) is 18.1. The van der Waals surface area contributed by atoms with Gasteiger partial charge in [-0.25, -0.2) is 9.79 Å². The van der Waals surface area contributed by atoms with Gasteiger partial charge >= 0.3 is 5.97 Å². The van der Waals surface area contributed by atoms with E-state index in [2.05, 4.69) is 4.99 Å². The largest absolute Gasteiger partial charge is 0.505 e. The second-order valence-electron chi connectivity index (χ2n) is 5.16. The number of rotatable bonds is 4. The van der Waals surface area contributed by atoms with Crippen LogP contribution in [0, 0.1) is 0 Å². The molecule has 1 aromatic rings. The van der Waals surface area contributed by atoms with Crippen LogP contribution in [0.1, 0.15) is 19.4 Å². The Hall–Kier alpha value is -2.56. The Morgan fingerprint density at radius 1 is 1.32 bits per heavy atom. The Balaban J connectivity index is 2.31. The molecule has 0 aliphatic carbocycles. The Morgan fingerprint density at radius 2 is 1.95 bits per heavy atom. The van der Waals surface area contributed by atoms with Gasteiger partial charge in [0, 0.05) is 19.8 Å². The number of aliphatic hydroxyl groups excluding tert-OH is 1. The number of aliphatic hydroxyl groups is 1. The first-order chi connectivity index (χ1) is 10.4. The van der Waals surface area contributed by atoms with Crippen molar-refractivity contribution in [1.29, 1.82) is 0 Å². The van der Waals surface area contributed by atoms with Crippen LogP contribution in [0.3, 0.4) is 0 Å². The predicted molar refractivity (Wildman–Crippen MR) is 88.1 cm³/mol. The van der Waals surface area contributed by atoms with E-state index in [1.54, 1.807) is 19.9 Å². The van der Waals surface area contributed by atoms with E-state index in [4.69, 9.17) is 4.74 Å². The average molecular weight is 300 g/mol. The molecule has 0 spiro atoms. The molecule has 116 valence electrons. The van der Waals surface area contributed by atoms with Gasteiger partial charge in [-0.2, -0.15) is 0 Å². The van der Waals surface area contributed by atoms with E-state index in [9.17, 15) is 9.90 Å². The third-order valence-corrected chi connectivity index (χ3v) is 3.32. The molecule has 0 amide bonds. The fourth-order valence-electron chi connectivity index (χ4n) is 2.16. The lowest BCUT2D eigenvalue weighted by Crippen LogP contribution is -2.13. The van der Waals surface area contributed by atoms with E-state index in [-0.39, 0.29) is 17.9 Å². The van der Waals surface area contributed by atoms with Gasteiger partial charge < -0.3 is 14.7 Å². The zero-order valence-electron chi connectivity index (χ0n) is 13.3. The summed E-state index contributed by atoms with van der Waals surface area (Å²) < 4.78 is 4.94. The number of hydrogen-bond donors (Lipinski definition) is 1. The number of benzene rings is 1. The summed E-state index contributed by atoms with van der Waals surface area (Å²) in [5.41, 5.74) is 2.96. The first-order valence-electron chi connectivity index (χ1n) is 7.09. The minimum atomic E-state index is -0.549. The van der Waals surface area contributed by atoms with Crippen molar-refractivity contribution in [3.63, 3.8) is 0 Å². The van der Waals surface area contributed by atoms with Crippen LogP contribution in [-0.4, -0.2) is 37.5 Å². The van der Waals surface area contributed by atoms with Crippen molar-refractivity contribution in [2.45, 2.75) is 13.8 Å². The highest BCUT2D eigenvalue weighted by atomic mass is 16.5. The standard InChI is InChI=1S/C17H20N2O3/c1-5-22-17(21)15-11(2)18-14(16(15)20)10-12-6-8-13(9-7-12)19(3)4/h6-10,20H,5H2,1-4H3. The molecule has 0 fully saturated rings. The second-order valence-corrected chi connectivity index (χ2v) is 5.16. The molecule has 5 nitrogen and oxygen atoms in total. The van der Waals surface area contributed by atoms with Gasteiger partial charge in [0.25, 0.3) is 0 Å². The van der Waals surface area contributed by atoms with E-state index in [0.717, 1.165) is 11.3 Å². The average Bonchev–Trinajstić information content (AvgIpc) is 2.74. The zero-order valence-corrected chi connectivity index (χ0v) is 13.3. The topological polar surface area (TPSA) is 62.1 Å². The molecule has 1 aromatic carbocycles. The van der Waals surface area contributed by atoms with Crippen LogP contribution in [0.15, 0.2) is 46.3 Å². The Morgan fingerprint density at radius 3 is 2.50 bits per heavy atom. The summed E-state index contributed by atoms with van der Waals surface area (Å²) in [6, 6.07) is 7.82. The molecule has 0 saturated heterocycles. The first kappa shape index (κ1) is 15.8. The summed E-state index contributed by atoms with van der Waals surface area (Å²) in [5, 5.41) is 10.2. The number of hydrogen-bond acceptors (Lipinski definition) is 5. The molecule has 2 rings (SSSR count). The van der Waals surface area contributed by atoms with Crippen LogP contribution >= 0.6 is 0 Å². The summed E-state index contributed by atoms with van der Waals surface area (Å²) >= 11 is 0. The molecule has 0 aromatic heterocycles. The van der Waals surface area contributed by atoms with Crippen LogP contribution in [0.4, 0.5) is 5.69 Å². The number of anilines is 1. The molecule has 0 atom stereocenters. The van der Waals surface area contributed by atoms with E-state index >= 15 is 0 Å². The quantitative estimate of drug-likeness (QED) is 0.868.